The lowest BCUT2D eigenvalue weighted by atomic mass is 10.1. The van der Waals surface area contributed by atoms with Crippen LogP contribution in [0.4, 0.5) is 4.79 Å². The number of amides is 1. The first-order valence-corrected chi connectivity index (χ1v) is 9.31. The molecule has 1 atom stereocenters. The maximum Gasteiger partial charge on any atom is 0.408 e. The molecule has 0 aliphatic carbocycles. The van der Waals surface area contributed by atoms with Crippen LogP contribution < -0.4 is 5.32 Å². The number of aromatic nitrogens is 2. The predicted octanol–water partition coefficient (Wildman–Crippen LogP) is 4.30. The molecule has 0 aliphatic rings. The van der Waals surface area contributed by atoms with Crippen molar-refractivity contribution in [2.24, 2.45) is 5.92 Å². The van der Waals surface area contributed by atoms with Gasteiger partial charge in [0.25, 0.3) is 0 Å². The number of nitrogens with zero attached hydrogens (tertiary/aromatic N) is 2. The van der Waals surface area contributed by atoms with E-state index in [1.54, 1.807) is 5.38 Å². The average molecular weight is 367 g/mol. The molecule has 0 aromatic carbocycles. The molecule has 0 spiro atoms. The molecule has 0 unspecified atom stereocenters. The van der Waals surface area contributed by atoms with E-state index in [1.807, 2.05) is 40.0 Å². The molecule has 0 aliphatic heterocycles. The predicted molar refractivity (Wildman–Crippen MR) is 95.6 cm³/mol. The van der Waals surface area contributed by atoms with Crippen LogP contribution in [0.1, 0.15) is 56.2 Å². The Bertz CT molecular complexity index is 716. The van der Waals surface area contributed by atoms with Gasteiger partial charge in [-0.1, -0.05) is 13.8 Å². The van der Waals surface area contributed by atoms with Crippen molar-refractivity contribution in [1.29, 1.82) is 0 Å². The van der Waals surface area contributed by atoms with Crippen LogP contribution >= 0.6 is 22.7 Å². The summed E-state index contributed by atoms with van der Waals surface area (Å²) in [6.07, 6.45) is 0.254. The van der Waals surface area contributed by atoms with Gasteiger partial charge in [0.2, 0.25) is 0 Å². The summed E-state index contributed by atoms with van der Waals surface area (Å²) in [6, 6.07) is -0.246. The Kier molecular flexibility index (Phi) is 5.71. The third-order valence-electron chi connectivity index (χ3n) is 2.99. The fourth-order valence-electron chi connectivity index (χ4n) is 1.93. The lowest BCUT2D eigenvalue weighted by molar-refractivity contribution is 0.0489. The Labute approximate surface area is 149 Å². The summed E-state index contributed by atoms with van der Waals surface area (Å²) in [5, 5.41) is 7.94. The molecule has 0 bridgehead atoms. The zero-order chi connectivity index (χ0) is 17.9. The minimum absolute atomic E-state index is 0.151. The van der Waals surface area contributed by atoms with Crippen molar-refractivity contribution in [1.82, 2.24) is 15.3 Å². The van der Waals surface area contributed by atoms with E-state index in [0.717, 1.165) is 5.01 Å². The van der Waals surface area contributed by atoms with Crippen LogP contribution in [0.2, 0.25) is 0 Å². The SMILES string of the molecule is CC(C)[C@H](NC(=O)OC(C)(C)C)c1nc(-c2nc(C=O)cs2)cs1. The van der Waals surface area contributed by atoms with Crippen molar-refractivity contribution in [2.75, 3.05) is 0 Å². The molecule has 130 valence electrons. The van der Waals surface area contributed by atoms with Crippen LogP contribution in [-0.2, 0) is 4.74 Å². The maximum atomic E-state index is 12.1. The molecule has 0 fully saturated rings. The van der Waals surface area contributed by atoms with E-state index >= 15 is 0 Å². The number of ether oxygens (including phenoxy) is 1. The van der Waals surface area contributed by atoms with Gasteiger partial charge in [0.05, 0.1) is 6.04 Å². The number of alkyl carbamates (subject to hydrolysis) is 1. The molecule has 2 heterocycles. The normalized spacial score (nSPS) is 12.9. The molecule has 1 N–H and O–H groups in total. The van der Waals surface area contributed by atoms with Crippen LogP contribution in [0.25, 0.3) is 10.7 Å². The summed E-state index contributed by atoms with van der Waals surface area (Å²) in [5.41, 5.74) is 0.563. The second-order valence-electron chi connectivity index (χ2n) is 6.63. The molecule has 8 heteroatoms. The van der Waals surface area contributed by atoms with E-state index in [0.29, 0.717) is 22.7 Å². The molecule has 2 rings (SSSR count). The Balaban J connectivity index is 2.17. The molecule has 0 saturated heterocycles. The van der Waals surface area contributed by atoms with Gasteiger partial charge in [-0.25, -0.2) is 14.8 Å². The number of nitrogens with one attached hydrogen (secondary N) is 1. The van der Waals surface area contributed by atoms with Gasteiger partial charge in [-0.05, 0) is 26.7 Å². The molecule has 2 aromatic heterocycles. The second-order valence-corrected chi connectivity index (χ2v) is 8.38. The number of carbonyl (C=O) groups excluding carboxylic acids is 2. The number of carbonyl (C=O) groups is 2. The highest BCUT2D eigenvalue weighted by molar-refractivity contribution is 7.14. The van der Waals surface area contributed by atoms with Gasteiger partial charge in [-0.15, -0.1) is 22.7 Å². The molecule has 24 heavy (non-hydrogen) atoms. The van der Waals surface area contributed by atoms with E-state index in [2.05, 4.69) is 15.3 Å². The average Bonchev–Trinajstić information content (AvgIpc) is 3.11. The first-order chi connectivity index (χ1) is 11.2. The van der Waals surface area contributed by atoms with E-state index in [4.69, 9.17) is 4.74 Å². The van der Waals surface area contributed by atoms with Gasteiger partial charge in [0.15, 0.2) is 6.29 Å². The lowest BCUT2D eigenvalue weighted by Gasteiger charge is -2.24. The highest BCUT2D eigenvalue weighted by atomic mass is 32.1. The summed E-state index contributed by atoms with van der Waals surface area (Å²) in [5.74, 6) is 0.151. The number of hydrogen-bond donors (Lipinski definition) is 1. The summed E-state index contributed by atoms with van der Waals surface area (Å²) in [4.78, 5) is 31.6. The third kappa shape index (κ3) is 4.85. The highest BCUT2D eigenvalue weighted by Crippen LogP contribution is 2.30. The minimum atomic E-state index is -0.550. The minimum Gasteiger partial charge on any atom is -0.444 e. The molecular weight excluding hydrogens is 346 g/mol. The van der Waals surface area contributed by atoms with E-state index < -0.39 is 11.7 Å². The first kappa shape index (κ1) is 18.5. The lowest BCUT2D eigenvalue weighted by Crippen LogP contribution is -2.36. The quantitative estimate of drug-likeness (QED) is 0.797. The fourth-order valence-corrected chi connectivity index (χ4v) is 3.76. The molecular formula is C16H21N3O3S2. The van der Waals surface area contributed by atoms with Crippen molar-refractivity contribution in [3.8, 4) is 10.7 Å². The molecule has 1 amide bonds. The summed E-state index contributed by atoms with van der Waals surface area (Å²) in [7, 11) is 0. The van der Waals surface area contributed by atoms with Crippen LogP contribution in [-0.4, -0.2) is 27.9 Å². The van der Waals surface area contributed by atoms with Crippen molar-refractivity contribution in [3.63, 3.8) is 0 Å². The number of thiazole rings is 2. The van der Waals surface area contributed by atoms with Crippen molar-refractivity contribution >= 4 is 35.1 Å². The van der Waals surface area contributed by atoms with Crippen LogP contribution in [0.15, 0.2) is 10.8 Å². The molecule has 0 radical (unpaired) electrons. The number of aldehydes is 1. The van der Waals surface area contributed by atoms with Gasteiger partial charge in [0.1, 0.15) is 27.0 Å². The summed E-state index contributed by atoms with van der Waals surface area (Å²) < 4.78 is 5.33. The van der Waals surface area contributed by atoms with Crippen LogP contribution in [0, 0.1) is 5.92 Å². The monoisotopic (exact) mass is 367 g/mol. The smallest absolute Gasteiger partial charge is 0.408 e. The fraction of sp³-hybridized carbons (Fsp3) is 0.500. The topological polar surface area (TPSA) is 81.2 Å². The largest absolute Gasteiger partial charge is 0.444 e. The van der Waals surface area contributed by atoms with E-state index in [9.17, 15) is 9.59 Å². The second kappa shape index (κ2) is 7.40. The molecule has 0 saturated carbocycles. The van der Waals surface area contributed by atoms with E-state index in [1.165, 1.54) is 22.7 Å². The van der Waals surface area contributed by atoms with Crippen molar-refractivity contribution in [2.45, 2.75) is 46.3 Å². The first-order valence-electron chi connectivity index (χ1n) is 7.55. The Morgan fingerprint density at radius 3 is 2.50 bits per heavy atom. The van der Waals surface area contributed by atoms with Crippen LogP contribution in [0.3, 0.4) is 0 Å². The standard InChI is InChI=1S/C16H21N3O3S2/c1-9(2)12(19-15(21)22-16(3,4)5)14-18-11(8-24-14)13-17-10(6-20)7-23-13/h6-9,12H,1-5H3,(H,19,21)/t12-/m0/s1. The number of hydrogen-bond acceptors (Lipinski definition) is 7. The van der Waals surface area contributed by atoms with Gasteiger partial charge in [-0.3, -0.25) is 4.79 Å². The number of rotatable bonds is 5. The summed E-state index contributed by atoms with van der Waals surface area (Å²) >= 11 is 2.83. The zero-order valence-corrected chi connectivity index (χ0v) is 16.0. The maximum absolute atomic E-state index is 12.1. The Morgan fingerprint density at radius 1 is 1.25 bits per heavy atom. The summed E-state index contributed by atoms with van der Waals surface area (Å²) in [6.45, 7) is 9.50. The highest BCUT2D eigenvalue weighted by Gasteiger charge is 2.25. The Morgan fingerprint density at radius 2 is 1.96 bits per heavy atom. The van der Waals surface area contributed by atoms with Crippen LogP contribution in [0.5, 0.6) is 0 Å². The Hall–Kier alpha value is -1.80. The van der Waals surface area contributed by atoms with E-state index in [-0.39, 0.29) is 12.0 Å². The molecule has 2 aromatic rings. The molecule has 6 nitrogen and oxygen atoms in total. The zero-order valence-electron chi connectivity index (χ0n) is 14.3. The third-order valence-corrected chi connectivity index (χ3v) is 4.80. The van der Waals surface area contributed by atoms with Crippen molar-refractivity contribution in [3.05, 3.63) is 21.5 Å². The van der Waals surface area contributed by atoms with Gasteiger partial charge >= 0.3 is 6.09 Å². The van der Waals surface area contributed by atoms with Gasteiger partial charge in [-0.2, -0.15) is 0 Å². The van der Waals surface area contributed by atoms with Crippen molar-refractivity contribution < 1.29 is 14.3 Å². The van der Waals surface area contributed by atoms with Gasteiger partial charge in [0, 0.05) is 10.8 Å². The van der Waals surface area contributed by atoms with Gasteiger partial charge < -0.3 is 10.1 Å².